The lowest BCUT2D eigenvalue weighted by atomic mass is 10.0. The van der Waals surface area contributed by atoms with Gasteiger partial charge in [-0.3, -0.25) is 14.5 Å². The number of esters is 1. The first-order chi connectivity index (χ1) is 16.0. The van der Waals surface area contributed by atoms with Crippen molar-refractivity contribution in [2.75, 3.05) is 45.2 Å². The number of benzene rings is 1. The zero-order valence-electron chi connectivity index (χ0n) is 18.5. The van der Waals surface area contributed by atoms with Crippen LogP contribution in [0.3, 0.4) is 0 Å². The topological polar surface area (TPSA) is 92.1 Å². The van der Waals surface area contributed by atoms with Crippen molar-refractivity contribution in [2.45, 2.75) is 6.92 Å². The summed E-state index contributed by atoms with van der Waals surface area (Å²) >= 11 is 1.36. The summed E-state index contributed by atoms with van der Waals surface area (Å²) in [5.41, 5.74) is 2.03. The van der Waals surface area contributed by atoms with Crippen molar-refractivity contribution in [1.29, 1.82) is 0 Å². The molecule has 1 aliphatic heterocycles. The predicted molar refractivity (Wildman–Crippen MR) is 126 cm³/mol. The molecule has 3 heterocycles. The Hall–Kier alpha value is -3.43. The normalized spacial score (nSPS) is 14.2. The number of piperazine rings is 1. The predicted octanol–water partition coefficient (Wildman–Crippen LogP) is 3.50. The maximum Gasteiger partial charge on any atom is 0.341 e. The molecule has 1 saturated heterocycles. The molecule has 0 unspecified atom stereocenters. The second-order valence-corrected chi connectivity index (χ2v) is 8.91. The van der Waals surface area contributed by atoms with Crippen LogP contribution < -0.4 is 5.32 Å². The van der Waals surface area contributed by atoms with Gasteiger partial charge in [-0.2, -0.15) is 0 Å². The number of thiophene rings is 1. The van der Waals surface area contributed by atoms with Gasteiger partial charge < -0.3 is 19.4 Å². The van der Waals surface area contributed by atoms with Gasteiger partial charge in [0.15, 0.2) is 5.76 Å². The van der Waals surface area contributed by atoms with Crippen molar-refractivity contribution >= 4 is 34.1 Å². The minimum atomic E-state index is -0.487. The van der Waals surface area contributed by atoms with Crippen LogP contribution in [0.2, 0.25) is 0 Å². The average Bonchev–Trinajstić information content (AvgIpc) is 3.47. The van der Waals surface area contributed by atoms with Crippen LogP contribution in [0, 0.1) is 6.92 Å². The van der Waals surface area contributed by atoms with Crippen LogP contribution in [0.1, 0.15) is 25.8 Å². The van der Waals surface area contributed by atoms with Crippen LogP contribution in [0.5, 0.6) is 0 Å². The third kappa shape index (κ3) is 4.99. The van der Waals surface area contributed by atoms with Gasteiger partial charge in [-0.1, -0.05) is 30.3 Å². The number of nitrogens with zero attached hydrogens (tertiary/aromatic N) is 2. The molecule has 0 aliphatic carbocycles. The number of nitrogens with one attached hydrogen (secondary N) is 1. The second-order valence-electron chi connectivity index (χ2n) is 7.69. The van der Waals surface area contributed by atoms with Crippen LogP contribution >= 0.6 is 11.3 Å². The summed E-state index contributed by atoms with van der Waals surface area (Å²) in [7, 11) is 1.33. The van der Waals surface area contributed by atoms with Gasteiger partial charge >= 0.3 is 5.97 Å². The highest BCUT2D eigenvalue weighted by molar-refractivity contribution is 7.17. The molecule has 3 aromatic rings. The zero-order valence-corrected chi connectivity index (χ0v) is 19.3. The molecule has 1 aromatic carbocycles. The second kappa shape index (κ2) is 10.0. The fourth-order valence-electron chi connectivity index (χ4n) is 3.92. The Kier molecular flexibility index (Phi) is 6.90. The number of hydrogen-bond donors (Lipinski definition) is 1. The van der Waals surface area contributed by atoms with E-state index in [0.29, 0.717) is 42.5 Å². The quantitative estimate of drug-likeness (QED) is 0.558. The van der Waals surface area contributed by atoms with Crippen LogP contribution in [0.25, 0.3) is 11.1 Å². The van der Waals surface area contributed by atoms with Crippen molar-refractivity contribution in [3.8, 4) is 11.1 Å². The third-order valence-corrected chi connectivity index (χ3v) is 6.57. The molecule has 4 rings (SSSR count). The van der Waals surface area contributed by atoms with E-state index in [1.165, 1.54) is 24.7 Å². The van der Waals surface area contributed by atoms with E-state index in [2.05, 4.69) is 5.32 Å². The molecule has 2 aromatic heterocycles. The van der Waals surface area contributed by atoms with E-state index in [1.807, 2.05) is 42.2 Å². The molecular weight excluding hydrogens is 442 g/mol. The minimum absolute atomic E-state index is 0.144. The molecule has 0 radical (unpaired) electrons. The van der Waals surface area contributed by atoms with E-state index >= 15 is 0 Å². The number of furan rings is 1. The number of carbonyl (C=O) groups excluding carboxylic acids is 3. The lowest BCUT2D eigenvalue weighted by Crippen LogP contribution is -2.50. The standard InChI is InChI=1S/C24H25N3O5S/c1-16-20(17-7-4-3-5-8-17)21(24(30)31-2)22(33-16)25-19(28)15-26-10-12-27(13-11-26)23(29)18-9-6-14-32-18/h3-9,14H,10-13,15H2,1-2H3,(H,25,28). The molecule has 33 heavy (non-hydrogen) atoms. The van der Waals surface area contributed by atoms with E-state index in [4.69, 9.17) is 9.15 Å². The molecule has 1 aliphatic rings. The summed E-state index contributed by atoms with van der Waals surface area (Å²) in [5, 5.41) is 3.38. The molecule has 0 spiro atoms. The monoisotopic (exact) mass is 467 g/mol. The molecule has 0 bridgehead atoms. The van der Waals surface area contributed by atoms with Crippen LogP contribution in [-0.2, 0) is 9.53 Å². The average molecular weight is 468 g/mol. The summed E-state index contributed by atoms with van der Waals surface area (Å²) in [4.78, 5) is 42.4. The molecule has 0 atom stereocenters. The Morgan fingerprint density at radius 1 is 1.06 bits per heavy atom. The fourth-order valence-corrected chi connectivity index (χ4v) is 5.00. The van der Waals surface area contributed by atoms with Crippen molar-refractivity contribution in [3.05, 3.63) is 64.9 Å². The van der Waals surface area contributed by atoms with Crippen molar-refractivity contribution in [1.82, 2.24) is 9.80 Å². The smallest absolute Gasteiger partial charge is 0.341 e. The zero-order chi connectivity index (χ0) is 23.4. The summed E-state index contributed by atoms with van der Waals surface area (Å²) in [6, 6.07) is 12.9. The van der Waals surface area contributed by atoms with E-state index in [9.17, 15) is 14.4 Å². The molecule has 8 nitrogen and oxygen atoms in total. The Balaban J connectivity index is 1.42. The summed E-state index contributed by atoms with van der Waals surface area (Å²) in [5.74, 6) is -0.529. The van der Waals surface area contributed by atoms with Crippen LogP contribution in [0.15, 0.2) is 53.1 Å². The molecule has 2 amide bonds. The van der Waals surface area contributed by atoms with E-state index in [-0.39, 0.29) is 18.4 Å². The number of carbonyl (C=O) groups is 3. The first-order valence-electron chi connectivity index (χ1n) is 10.6. The Morgan fingerprint density at radius 2 is 1.79 bits per heavy atom. The highest BCUT2D eigenvalue weighted by Gasteiger charge is 2.27. The highest BCUT2D eigenvalue weighted by Crippen LogP contribution is 2.40. The largest absolute Gasteiger partial charge is 0.465 e. The van der Waals surface area contributed by atoms with Crippen LogP contribution in [-0.4, -0.2) is 67.4 Å². The number of amides is 2. The lowest BCUT2D eigenvalue weighted by molar-refractivity contribution is -0.117. The molecule has 1 fully saturated rings. The fraction of sp³-hybridized carbons (Fsp3) is 0.292. The van der Waals surface area contributed by atoms with Crippen LogP contribution in [0.4, 0.5) is 5.00 Å². The van der Waals surface area contributed by atoms with Gasteiger partial charge in [0.2, 0.25) is 5.91 Å². The molecule has 172 valence electrons. The first kappa shape index (κ1) is 22.8. The number of anilines is 1. The summed E-state index contributed by atoms with van der Waals surface area (Å²) in [6.45, 7) is 4.25. The van der Waals surface area contributed by atoms with Crippen molar-refractivity contribution < 1.29 is 23.5 Å². The maximum atomic E-state index is 12.8. The van der Waals surface area contributed by atoms with Gasteiger partial charge in [-0.15, -0.1) is 11.3 Å². The molecule has 0 saturated carbocycles. The number of hydrogen-bond acceptors (Lipinski definition) is 7. The number of methoxy groups -OCH3 is 1. The van der Waals surface area contributed by atoms with Gasteiger partial charge in [-0.25, -0.2) is 4.79 Å². The van der Waals surface area contributed by atoms with Gasteiger partial charge in [0.1, 0.15) is 10.6 Å². The van der Waals surface area contributed by atoms with Gasteiger partial charge in [0, 0.05) is 36.6 Å². The Bertz CT molecular complexity index is 1130. The van der Waals surface area contributed by atoms with E-state index in [1.54, 1.807) is 17.0 Å². The highest BCUT2D eigenvalue weighted by atomic mass is 32.1. The minimum Gasteiger partial charge on any atom is -0.465 e. The first-order valence-corrected chi connectivity index (χ1v) is 11.4. The van der Waals surface area contributed by atoms with Gasteiger partial charge in [0.25, 0.3) is 5.91 Å². The summed E-state index contributed by atoms with van der Waals surface area (Å²) in [6.07, 6.45) is 1.48. The van der Waals surface area contributed by atoms with Crippen molar-refractivity contribution in [3.63, 3.8) is 0 Å². The Morgan fingerprint density at radius 3 is 2.42 bits per heavy atom. The molecule has 9 heteroatoms. The molecular formula is C24H25N3O5S. The van der Waals surface area contributed by atoms with E-state index in [0.717, 1.165) is 16.0 Å². The number of rotatable bonds is 6. The van der Waals surface area contributed by atoms with Gasteiger partial charge in [0.05, 0.1) is 19.9 Å². The number of ether oxygens (including phenoxy) is 1. The molecule has 1 N–H and O–H groups in total. The maximum absolute atomic E-state index is 12.8. The number of aryl methyl sites for hydroxylation is 1. The SMILES string of the molecule is COC(=O)c1c(NC(=O)CN2CCN(C(=O)c3ccco3)CC2)sc(C)c1-c1ccccc1. The van der Waals surface area contributed by atoms with Crippen molar-refractivity contribution in [2.24, 2.45) is 0 Å². The lowest BCUT2D eigenvalue weighted by Gasteiger charge is -2.33. The van der Waals surface area contributed by atoms with Gasteiger partial charge in [-0.05, 0) is 24.6 Å². The third-order valence-electron chi connectivity index (χ3n) is 5.55. The summed E-state index contributed by atoms with van der Waals surface area (Å²) < 4.78 is 10.2. The Labute approximate surface area is 195 Å². The van der Waals surface area contributed by atoms with E-state index < -0.39 is 5.97 Å².